The molecular weight excluding hydrogens is 311 g/mol. The summed E-state index contributed by atoms with van der Waals surface area (Å²) in [5.74, 6) is -1.05. The lowest BCUT2D eigenvalue weighted by atomic mass is 10.1. The summed E-state index contributed by atoms with van der Waals surface area (Å²) in [5, 5.41) is 13.4. The lowest BCUT2D eigenvalue weighted by molar-refractivity contribution is -0.385. The first-order valence-corrected chi connectivity index (χ1v) is 6.52. The molecule has 0 atom stereocenters. The van der Waals surface area contributed by atoms with Crippen LogP contribution >= 0.6 is 11.6 Å². The minimum Gasteiger partial charge on any atom is -0.321 e. The van der Waals surface area contributed by atoms with E-state index in [0.717, 1.165) is 18.2 Å². The molecule has 5 nitrogen and oxygen atoms in total. The Labute approximate surface area is 130 Å². The highest BCUT2D eigenvalue weighted by Crippen LogP contribution is 2.23. The van der Waals surface area contributed by atoms with E-state index < -0.39 is 16.6 Å². The van der Waals surface area contributed by atoms with E-state index in [1.54, 1.807) is 6.07 Å². The van der Waals surface area contributed by atoms with Crippen LogP contribution in [0.5, 0.6) is 0 Å². The van der Waals surface area contributed by atoms with Gasteiger partial charge in [-0.2, -0.15) is 0 Å². The number of para-hydroxylation sites is 1. The Bertz CT molecular complexity index is 762. The molecule has 0 heterocycles. The van der Waals surface area contributed by atoms with Crippen LogP contribution in [-0.4, -0.2) is 10.8 Å². The van der Waals surface area contributed by atoms with Gasteiger partial charge in [0.15, 0.2) is 0 Å². The number of carbonyl (C=O) groups excluding carboxylic acids is 1. The molecule has 2 aromatic carbocycles. The maximum Gasteiger partial charge on any atom is 0.276 e. The van der Waals surface area contributed by atoms with Crippen LogP contribution in [0.25, 0.3) is 6.08 Å². The number of anilines is 1. The van der Waals surface area contributed by atoms with Crippen LogP contribution in [0.15, 0.2) is 48.5 Å². The summed E-state index contributed by atoms with van der Waals surface area (Å²) < 4.78 is 12.9. The first-order valence-electron chi connectivity index (χ1n) is 6.15. The van der Waals surface area contributed by atoms with Gasteiger partial charge in [-0.25, -0.2) is 4.39 Å². The topological polar surface area (TPSA) is 72.2 Å². The van der Waals surface area contributed by atoms with Gasteiger partial charge in [-0.05, 0) is 30.3 Å². The van der Waals surface area contributed by atoms with Crippen molar-refractivity contribution in [2.24, 2.45) is 0 Å². The van der Waals surface area contributed by atoms with Crippen LogP contribution in [0.3, 0.4) is 0 Å². The summed E-state index contributed by atoms with van der Waals surface area (Å²) in [6.45, 7) is 0. The Hall–Kier alpha value is -2.73. The van der Waals surface area contributed by atoms with Crippen molar-refractivity contribution in [1.29, 1.82) is 0 Å². The maximum atomic E-state index is 12.9. The predicted octanol–water partition coefficient (Wildman–Crippen LogP) is 4.04. The number of nitro benzene ring substituents is 1. The van der Waals surface area contributed by atoms with Gasteiger partial charge in [0.1, 0.15) is 5.82 Å². The average Bonchev–Trinajstić information content (AvgIpc) is 2.48. The summed E-state index contributed by atoms with van der Waals surface area (Å²) in [5.41, 5.74) is 0.444. The number of carbonyl (C=O) groups is 1. The number of amides is 1. The van der Waals surface area contributed by atoms with Crippen LogP contribution in [0.1, 0.15) is 5.56 Å². The van der Waals surface area contributed by atoms with Crippen molar-refractivity contribution in [3.05, 3.63) is 75.1 Å². The van der Waals surface area contributed by atoms with Crippen LogP contribution in [0, 0.1) is 15.9 Å². The Kier molecular flexibility index (Phi) is 4.85. The SMILES string of the molecule is O=C(/C=C/c1ccccc1[N+](=O)[O-])Nc1ccc(F)cc1Cl. The van der Waals surface area contributed by atoms with Gasteiger partial charge in [-0.3, -0.25) is 14.9 Å². The molecule has 0 radical (unpaired) electrons. The first kappa shape index (κ1) is 15.7. The molecule has 0 saturated heterocycles. The standard InChI is InChI=1S/C15H10ClFN2O3/c16-12-9-11(17)6-7-13(12)18-15(20)8-5-10-3-1-2-4-14(10)19(21)22/h1-9H,(H,18,20)/b8-5+. The summed E-state index contributed by atoms with van der Waals surface area (Å²) in [4.78, 5) is 22.1. The number of benzene rings is 2. The molecule has 22 heavy (non-hydrogen) atoms. The third kappa shape index (κ3) is 3.89. The molecule has 0 aromatic heterocycles. The molecule has 112 valence electrons. The van der Waals surface area contributed by atoms with E-state index in [0.29, 0.717) is 5.56 Å². The highest BCUT2D eigenvalue weighted by Gasteiger charge is 2.10. The van der Waals surface area contributed by atoms with Gasteiger partial charge < -0.3 is 5.32 Å². The molecule has 0 bridgehead atoms. The molecule has 1 N–H and O–H groups in total. The van der Waals surface area contributed by atoms with E-state index in [4.69, 9.17) is 11.6 Å². The monoisotopic (exact) mass is 320 g/mol. The maximum absolute atomic E-state index is 12.9. The second-order valence-electron chi connectivity index (χ2n) is 4.26. The van der Waals surface area contributed by atoms with Gasteiger partial charge >= 0.3 is 0 Å². The van der Waals surface area contributed by atoms with Gasteiger partial charge in [-0.15, -0.1) is 0 Å². The zero-order chi connectivity index (χ0) is 16.1. The van der Waals surface area contributed by atoms with Crippen LogP contribution in [0.4, 0.5) is 15.8 Å². The number of hydrogen-bond donors (Lipinski definition) is 1. The third-order valence-electron chi connectivity index (χ3n) is 2.74. The van der Waals surface area contributed by atoms with Gasteiger partial charge in [0, 0.05) is 12.1 Å². The fourth-order valence-corrected chi connectivity index (χ4v) is 1.94. The normalized spacial score (nSPS) is 10.6. The highest BCUT2D eigenvalue weighted by molar-refractivity contribution is 6.33. The van der Waals surface area contributed by atoms with E-state index in [1.807, 2.05) is 0 Å². The summed E-state index contributed by atoms with van der Waals surface area (Å²) in [7, 11) is 0. The van der Waals surface area contributed by atoms with E-state index in [2.05, 4.69) is 5.32 Å². The summed E-state index contributed by atoms with van der Waals surface area (Å²) in [6, 6.07) is 9.58. The van der Waals surface area contributed by atoms with Gasteiger partial charge in [-0.1, -0.05) is 23.7 Å². The number of nitrogens with one attached hydrogen (secondary N) is 1. The van der Waals surface area contributed by atoms with Crippen LogP contribution in [-0.2, 0) is 4.79 Å². The number of hydrogen-bond acceptors (Lipinski definition) is 3. The number of halogens is 2. The average molecular weight is 321 g/mol. The molecule has 1 amide bonds. The first-order chi connectivity index (χ1) is 10.5. The van der Waals surface area contributed by atoms with Crippen molar-refractivity contribution in [2.45, 2.75) is 0 Å². The molecule has 0 fully saturated rings. The van der Waals surface area contributed by atoms with Gasteiger partial charge in [0.2, 0.25) is 5.91 Å². The lowest BCUT2D eigenvalue weighted by Gasteiger charge is -2.04. The molecule has 2 aromatic rings. The quantitative estimate of drug-likeness (QED) is 0.525. The second-order valence-corrected chi connectivity index (χ2v) is 4.67. The Morgan fingerprint density at radius 2 is 2.00 bits per heavy atom. The number of nitrogens with zero attached hydrogens (tertiary/aromatic N) is 1. The van der Waals surface area contributed by atoms with E-state index in [-0.39, 0.29) is 16.4 Å². The molecular formula is C15H10ClFN2O3. The minimum atomic E-state index is -0.536. The molecule has 7 heteroatoms. The molecule has 0 aliphatic heterocycles. The molecule has 0 spiro atoms. The lowest BCUT2D eigenvalue weighted by Crippen LogP contribution is -2.08. The van der Waals surface area contributed by atoms with Crippen molar-refractivity contribution in [2.75, 3.05) is 5.32 Å². The Balaban J connectivity index is 2.14. The highest BCUT2D eigenvalue weighted by atomic mass is 35.5. The van der Waals surface area contributed by atoms with Gasteiger partial charge in [0.25, 0.3) is 5.69 Å². The number of rotatable bonds is 4. The van der Waals surface area contributed by atoms with Crippen molar-refractivity contribution in [3.63, 3.8) is 0 Å². The second kappa shape index (κ2) is 6.82. The van der Waals surface area contributed by atoms with E-state index >= 15 is 0 Å². The molecule has 0 unspecified atom stereocenters. The van der Waals surface area contributed by atoms with Crippen molar-refractivity contribution in [3.8, 4) is 0 Å². The molecule has 0 saturated carbocycles. The smallest absolute Gasteiger partial charge is 0.276 e. The van der Waals surface area contributed by atoms with Crippen LogP contribution < -0.4 is 5.32 Å². The van der Waals surface area contributed by atoms with Crippen LogP contribution in [0.2, 0.25) is 5.02 Å². The zero-order valence-corrected chi connectivity index (χ0v) is 11.9. The molecule has 2 rings (SSSR count). The fourth-order valence-electron chi connectivity index (χ4n) is 1.73. The fraction of sp³-hybridized carbons (Fsp3) is 0. The van der Waals surface area contributed by atoms with Crippen molar-refractivity contribution < 1.29 is 14.1 Å². The van der Waals surface area contributed by atoms with Crippen molar-refractivity contribution >= 4 is 35.0 Å². The Morgan fingerprint density at radius 3 is 2.68 bits per heavy atom. The summed E-state index contributed by atoms with van der Waals surface area (Å²) >= 11 is 5.79. The molecule has 0 aliphatic carbocycles. The zero-order valence-electron chi connectivity index (χ0n) is 11.1. The van der Waals surface area contributed by atoms with E-state index in [9.17, 15) is 19.3 Å². The largest absolute Gasteiger partial charge is 0.321 e. The summed E-state index contributed by atoms with van der Waals surface area (Å²) in [6.07, 6.45) is 2.47. The minimum absolute atomic E-state index is 0.0624. The third-order valence-corrected chi connectivity index (χ3v) is 3.05. The Morgan fingerprint density at radius 1 is 1.27 bits per heavy atom. The number of nitro groups is 1. The van der Waals surface area contributed by atoms with Crippen molar-refractivity contribution in [1.82, 2.24) is 0 Å². The predicted molar refractivity (Wildman–Crippen MR) is 82.2 cm³/mol. The van der Waals surface area contributed by atoms with Gasteiger partial charge in [0.05, 0.1) is 21.2 Å². The molecule has 0 aliphatic rings. The van der Waals surface area contributed by atoms with E-state index in [1.165, 1.54) is 30.3 Å².